The molecule has 0 bridgehead atoms. The SMILES string of the molecule is CC1CCC(Nc2nc3ccccn3c2C#N)C1. The van der Waals surface area contributed by atoms with Crippen molar-refractivity contribution >= 4 is 11.5 Å². The second kappa shape index (κ2) is 4.34. The Kier molecular flexibility index (Phi) is 2.67. The van der Waals surface area contributed by atoms with E-state index in [2.05, 4.69) is 23.3 Å². The Hall–Kier alpha value is -2.02. The molecule has 0 spiro atoms. The van der Waals surface area contributed by atoms with E-state index in [4.69, 9.17) is 0 Å². The summed E-state index contributed by atoms with van der Waals surface area (Å²) in [4.78, 5) is 4.50. The lowest BCUT2D eigenvalue weighted by molar-refractivity contribution is 0.602. The van der Waals surface area contributed by atoms with Crippen LogP contribution in [-0.2, 0) is 0 Å². The minimum Gasteiger partial charge on any atom is -0.365 e. The Morgan fingerprint density at radius 2 is 2.33 bits per heavy atom. The highest BCUT2D eigenvalue weighted by Crippen LogP contribution is 2.28. The van der Waals surface area contributed by atoms with Crippen molar-refractivity contribution in [1.29, 1.82) is 5.26 Å². The molecule has 2 heterocycles. The van der Waals surface area contributed by atoms with E-state index in [1.54, 1.807) is 0 Å². The van der Waals surface area contributed by atoms with Gasteiger partial charge in [0.1, 0.15) is 11.7 Å². The summed E-state index contributed by atoms with van der Waals surface area (Å²) in [5.74, 6) is 1.49. The van der Waals surface area contributed by atoms with Crippen LogP contribution in [0.25, 0.3) is 5.65 Å². The molecule has 2 aromatic heterocycles. The summed E-state index contributed by atoms with van der Waals surface area (Å²) in [6, 6.07) is 8.47. The summed E-state index contributed by atoms with van der Waals surface area (Å²) in [5, 5.41) is 12.7. The molecule has 2 atom stereocenters. The molecule has 0 saturated heterocycles. The molecule has 1 fully saturated rings. The topological polar surface area (TPSA) is 53.1 Å². The Balaban J connectivity index is 1.94. The van der Waals surface area contributed by atoms with Crippen molar-refractivity contribution in [3.8, 4) is 6.07 Å². The van der Waals surface area contributed by atoms with Crippen LogP contribution < -0.4 is 5.32 Å². The van der Waals surface area contributed by atoms with Gasteiger partial charge in [0.05, 0.1) is 0 Å². The maximum Gasteiger partial charge on any atom is 0.168 e. The number of anilines is 1. The number of fused-ring (bicyclic) bond motifs is 1. The number of rotatable bonds is 2. The lowest BCUT2D eigenvalue weighted by Crippen LogP contribution is -2.16. The van der Waals surface area contributed by atoms with Gasteiger partial charge >= 0.3 is 0 Å². The zero-order valence-corrected chi connectivity index (χ0v) is 10.4. The maximum atomic E-state index is 9.28. The molecule has 0 aromatic carbocycles. The van der Waals surface area contributed by atoms with Crippen LogP contribution in [0.1, 0.15) is 31.9 Å². The lowest BCUT2D eigenvalue weighted by atomic mass is 10.1. The van der Waals surface area contributed by atoms with Crippen LogP contribution in [0.5, 0.6) is 0 Å². The Morgan fingerprint density at radius 1 is 1.44 bits per heavy atom. The first-order chi connectivity index (χ1) is 8.78. The van der Waals surface area contributed by atoms with Crippen LogP contribution in [0, 0.1) is 17.2 Å². The van der Waals surface area contributed by atoms with Crippen LogP contribution in [0.2, 0.25) is 0 Å². The van der Waals surface area contributed by atoms with Crippen LogP contribution >= 0.6 is 0 Å². The van der Waals surface area contributed by atoms with Crippen LogP contribution in [0.4, 0.5) is 5.82 Å². The molecule has 0 radical (unpaired) electrons. The van der Waals surface area contributed by atoms with Gasteiger partial charge in [0.2, 0.25) is 0 Å². The van der Waals surface area contributed by atoms with E-state index >= 15 is 0 Å². The zero-order valence-electron chi connectivity index (χ0n) is 10.4. The Bertz CT molecular complexity index is 608. The fourth-order valence-corrected chi connectivity index (χ4v) is 2.73. The van der Waals surface area contributed by atoms with Gasteiger partial charge in [-0.3, -0.25) is 4.40 Å². The fourth-order valence-electron chi connectivity index (χ4n) is 2.73. The normalized spacial score (nSPS) is 23.1. The number of imidazole rings is 1. The van der Waals surface area contributed by atoms with Crippen LogP contribution in [-0.4, -0.2) is 15.4 Å². The van der Waals surface area contributed by atoms with Crippen LogP contribution in [0.15, 0.2) is 24.4 Å². The summed E-state index contributed by atoms with van der Waals surface area (Å²) >= 11 is 0. The first-order valence-electron chi connectivity index (χ1n) is 6.41. The summed E-state index contributed by atoms with van der Waals surface area (Å²) in [6.07, 6.45) is 5.47. The van der Waals surface area contributed by atoms with Gasteiger partial charge < -0.3 is 5.32 Å². The maximum absolute atomic E-state index is 9.28. The quantitative estimate of drug-likeness (QED) is 0.878. The average molecular weight is 240 g/mol. The third kappa shape index (κ3) is 1.82. The number of pyridine rings is 1. The van der Waals surface area contributed by atoms with Crippen molar-refractivity contribution in [3.63, 3.8) is 0 Å². The molecule has 0 aliphatic heterocycles. The standard InChI is InChI=1S/C14H16N4/c1-10-5-6-11(8-10)16-14-12(9-15)18-7-3-2-4-13(18)17-14/h2-4,7,10-11,16H,5-6,8H2,1H3. The van der Waals surface area contributed by atoms with Gasteiger partial charge in [-0.15, -0.1) is 0 Å². The molecule has 4 nitrogen and oxygen atoms in total. The van der Waals surface area contributed by atoms with Crippen molar-refractivity contribution < 1.29 is 0 Å². The van der Waals surface area contributed by atoms with E-state index in [1.807, 2.05) is 28.8 Å². The molecule has 0 amide bonds. The Labute approximate surface area is 106 Å². The minimum atomic E-state index is 0.456. The molecule has 4 heteroatoms. The molecule has 1 saturated carbocycles. The molecule has 92 valence electrons. The molecule has 3 rings (SSSR count). The fraction of sp³-hybridized carbons (Fsp3) is 0.429. The molecule has 2 aromatic rings. The van der Waals surface area contributed by atoms with E-state index < -0.39 is 0 Å². The monoisotopic (exact) mass is 240 g/mol. The van der Waals surface area contributed by atoms with E-state index in [-0.39, 0.29) is 0 Å². The molecule has 2 unspecified atom stereocenters. The highest BCUT2D eigenvalue weighted by Gasteiger charge is 2.23. The molecule has 1 N–H and O–H groups in total. The first-order valence-corrected chi connectivity index (χ1v) is 6.41. The van der Waals surface area contributed by atoms with Crippen LogP contribution in [0.3, 0.4) is 0 Å². The largest absolute Gasteiger partial charge is 0.365 e. The van der Waals surface area contributed by atoms with Crippen molar-refractivity contribution in [3.05, 3.63) is 30.1 Å². The van der Waals surface area contributed by atoms with Gasteiger partial charge in [-0.05, 0) is 37.3 Å². The van der Waals surface area contributed by atoms with Gasteiger partial charge in [0.25, 0.3) is 0 Å². The average Bonchev–Trinajstić information content (AvgIpc) is 2.92. The third-order valence-corrected chi connectivity index (χ3v) is 3.67. The number of hydrogen-bond acceptors (Lipinski definition) is 3. The number of hydrogen-bond donors (Lipinski definition) is 1. The smallest absolute Gasteiger partial charge is 0.168 e. The van der Waals surface area contributed by atoms with Crippen molar-refractivity contribution in [2.75, 3.05) is 5.32 Å². The van der Waals surface area contributed by atoms with E-state index in [1.165, 1.54) is 19.3 Å². The lowest BCUT2D eigenvalue weighted by Gasteiger charge is -2.11. The number of nitrogens with one attached hydrogen (secondary N) is 1. The molecular formula is C14H16N4. The third-order valence-electron chi connectivity index (χ3n) is 3.67. The second-order valence-corrected chi connectivity index (χ2v) is 5.11. The van der Waals surface area contributed by atoms with E-state index in [9.17, 15) is 5.26 Å². The van der Waals surface area contributed by atoms with Gasteiger partial charge in [0.15, 0.2) is 11.5 Å². The molecule has 1 aliphatic rings. The highest BCUT2D eigenvalue weighted by atomic mass is 15.1. The van der Waals surface area contributed by atoms with Gasteiger partial charge in [-0.2, -0.15) is 5.26 Å². The van der Waals surface area contributed by atoms with Crippen molar-refractivity contribution in [1.82, 2.24) is 9.38 Å². The predicted molar refractivity (Wildman–Crippen MR) is 70.3 cm³/mol. The van der Waals surface area contributed by atoms with Gasteiger partial charge in [-0.1, -0.05) is 13.0 Å². The number of aromatic nitrogens is 2. The number of nitrogens with zero attached hydrogens (tertiary/aromatic N) is 3. The Morgan fingerprint density at radius 3 is 3.06 bits per heavy atom. The second-order valence-electron chi connectivity index (χ2n) is 5.11. The summed E-state index contributed by atoms with van der Waals surface area (Å²) in [7, 11) is 0. The summed E-state index contributed by atoms with van der Waals surface area (Å²) in [5.41, 5.74) is 1.42. The minimum absolute atomic E-state index is 0.456. The predicted octanol–water partition coefficient (Wildman–Crippen LogP) is 2.81. The zero-order chi connectivity index (χ0) is 12.5. The molecule has 1 aliphatic carbocycles. The van der Waals surface area contributed by atoms with E-state index in [0.717, 1.165) is 17.4 Å². The highest BCUT2D eigenvalue weighted by molar-refractivity contribution is 5.59. The van der Waals surface area contributed by atoms with Gasteiger partial charge in [-0.25, -0.2) is 4.98 Å². The van der Waals surface area contributed by atoms with Crippen molar-refractivity contribution in [2.45, 2.75) is 32.2 Å². The van der Waals surface area contributed by atoms with E-state index in [0.29, 0.717) is 11.7 Å². The number of nitriles is 1. The summed E-state index contributed by atoms with van der Waals surface area (Å²) < 4.78 is 1.83. The van der Waals surface area contributed by atoms with Gasteiger partial charge in [0, 0.05) is 12.2 Å². The first kappa shape index (κ1) is 11.1. The molecule has 18 heavy (non-hydrogen) atoms. The molecular weight excluding hydrogens is 224 g/mol. The van der Waals surface area contributed by atoms with Crippen molar-refractivity contribution in [2.24, 2.45) is 5.92 Å². The summed E-state index contributed by atoms with van der Waals surface area (Å²) in [6.45, 7) is 2.27.